The fourth-order valence-corrected chi connectivity index (χ4v) is 3.61. The largest absolute Gasteiger partial charge is 0.371 e. The van der Waals surface area contributed by atoms with Crippen molar-refractivity contribution in [1.82, 2.24) is 10.6 Å². The van der Waals surface area contributed by atoms with E-state index in [0.717, 1.165) is 45.3 Å². The number of amides is 1. The highest BCUT2D eigenvalue weighted by Crippen LogP contribution is 2.21. The van der Waals surface area contributed by atoms with Gasteiger partial charge in [-0.3, -0.25) is 4.79 Å². The predicted molar refractivity (Wildman–Crippen MR) is 97.3 cm³/mol. The molecule has 1 amide bonds. The molecule has 2 fully saturated rings. The molecule has 0 radical (unpaired) electrons. The maximum Gasteiger partial charge on any atom is 0.223 e. The molecule has 128 valence electrons. The molecular weight excluding hydrogens is 310 g/mol. The molecule has 1 aromatic rings. The van der Waals surface area contributed by atoms with Crippen LogP contribution >= 0.6 is 12.4 Å². The Balaban J connectivity index is 0.00000192. The monoisotopic (exact) mass is 337 g/mol. The smallest absolute Gasteiger partial charge is 0.223 e. The third kappa shape index (κ3) is 4.85. The topological polar surface area (TPSA) is 44.4 Å². The number of halogens is 1. The van der Waals surface area contributed by atoms with Gasteiger partial charge in [0, 0.05) is 36.8 Å². The number of nitrogens with one attached hydrogen (secondary N) is 2. The van der Waals surface area contributed by atoms with Gasteiger partial charge in [-0.25, -0.2) is 0 Å². The van der Waals surface area contributed by atoms with Crippen molar-refractivity contribution in [3.63, 3.8) is 0 Å². The molecule has 0 bridgehead atoms. The Bertz CT molecular complexity index is 488. The van der Waals surface area contributed by atoms with Gasteiger partial charge in [-0.2, -0.15) is 0 Å². The van der Waals surface area contributed by atoms with Crippen LogP contribution in [0.2, 0.25) is 0 Å². The lowest BCUT2D eigenvalue weighted by atomic mass is 9.91. The van der Waals surface area contributed by atoms with E-state index in [4.69, 9.17) is 0 Å². The van der Waals surface area contributed by atoms with Crippen LogP contribution in [0.25, 0.3) is 0 Å². The Morgan fingerprint density at radius 2 is 1.87 bits per heavy atom. The average Bonchev–Trinajstić information content (AvgIpc) is 2.56. The Kier molecular flexibility index (Phi) is 6.72. The van der Waals surface area contributed by atoms with Gasteiger partial charge in [0.25, 0.3) is 0 Å². The highest BCUT2D eigenvalue weighted by molar-refractivity contribution is 5.85. The Morgan fingerprint density at radius 1 is 1.17 bits per heavy atom. The summed E-state index contributed by atoms with van der Waals surface area (Å²) in [5.41, 5.74) is 1.29. The third-order valence-electron chi connectivity index (χ3n) is 4.96. The van der Waals surface area contributed by atoms with Gasteiger partial charge in [0.2, 0.25) is 5.91 Å². The molecule has 1 aromatic carbocycles. The summed E-state index contributed by atoms with van der Waals surface area (Å²) in [5, 5.41) is 6.70. The molecule has 0 unspecified atom stereocenters. The second-order valence-corrected chi connectivity index (χ2v) is 6.68. The van der Waals surface area contributed by atoms with E-state index in [1.54, 1.807) is 0 Å². The first-order chi connectivity index (χ1) is 10.7. The van der Waals surface area contributed by atoms with Crippen molar-refractivity contribution in [3.8, 4) is 0 Å². The molecule has 2 heterocycles. The number of benzene rings is 1. The lowest BCUT2D eigenvalue weighted by molar-refractivity contribution is -0.126. The molecule has 0 aromatic heterocycles. The molecule has 0 spiro atoms. The Hall–Kier alpha value is -1.26. The summed E-state index contributed by atoms with van der Waals surface area (Å²) in [4.78, 5) is 14.8. The number of hydrogen-bond donors (Lipinski definition) is 2. The fourth-order valence-electron chi connectivity index (χ4n) is 3.61. The van der Waals surface area contributed by atoms with Crippen LogP contribution in [0.1, 0.15) is 32.6 Å². The van der Waals surface area contributed by atoms with Gasteiger partial charge in [-0.05, 0) is 51.3 Å². The van der Waals surface area contributed by atoms with Crippen LogP contribution < -0.4 is 15.5 Å². The quantitative estimate of drug-likeness (QED) is 0.891. The van der Waals surface area contributed by atoms with Crippen molar-refractivity contribution >= 4 is 24.0 Å². The molecule has 4 nitrogen and oxygen atoms in total. The van der Waals surface area contributed by atoms with E-state index < -0.39 is 0 Å². The van der Waals surface area contributed by atoms with E-state index in [-0.39, 0.29) is 24.2 Å². The number of carbonyl (C=O) groups excluding carboxylic acids is 1. The standard InChI is InChI=1S/C18H27N3O.ClH/c1-14-13-15(7-10-19-14)18(22)20-16-8-11-21(12-9-16)17-5-3-2-4-6-17;/h2-6,14-16,19H,7-13H2,1H3,(H,20,22);1H/t14-,15-;/m0./s1. The number of hydrogen-bond acceptors (Lipinski definition) is 3. The van der Waals surface area contributed by atoms with Crippen LogP contribution in [0.15, 0.2) is 30.3 Å². The summed E-state index contributed by atoms with van der Waals surface area (Å²) >= 11 is 0. The zero-order valence-electron chi connectivity index (χ0n) is 13.8. The first-order valence-corrected chi connectivity index (χ1v) is 8.56. The minimum absolute atomic E-state index is 0. The van der Waals surface area contributed by atoms with Crippen LogP contribution in [0.4, 0.5) is 5.69 Å². The minimum Gasteiger partial charge on any atom is -0.371 e. The van der Waals surface area contributed by atoms with Crippen LogP contribution in [-0.4, -0.2) is 37.6 Å². The summed E-state index contributed by atoms with van der Waals surface area (Å²) in [7, 11) is 0. The zero-order valence-corrected chi connectivity index (χ0v) is 14.6. The minimum atomic E-state index is 0. The third-order valence-corrected chi connectivity index (χ3v) is 4.96. The first kappa shape index (κ1) is 18.1. The van der Waals surface area contributed by atoms with E-state index >= 15 is 0 Å². The van der Waals surface area contributed by atoms with Crippen molar-refractivity contribution in [2.24, 2.45) is 5.92 Å². The highest BCUT2D eigenvalue weighted by atomic mass is 35.5. The summed E-state index contributed by atoms with van der Waals surface area (Å²) in [5.74, 6) is 0.468. The van der Waals surface area contributed by atoms with Gasteiger partial charge < -0.3 is 15.5 Å². The highest BCUT2D eigenvalue weighted by Gasteiger charge is 2.27. The lowest BCUT2D eigenvalue weighted by Crippen LogP contribution is -2.48. The van der Waals surface area contributed by atoms with Crippen LogP contribution in [0.3, 0.4) is 0 Å². The normalized spacial score (nSPS) is 25.5. The molecule has 0 saturated carbocycles. The molecule has 2 N–H and O–H groups in total. The summed E-state index contributed by atoms with van der Waals surface area (Å²) in [6.45, 7) is 5.18. The molecule has 5 heteroatoms. The van der Waals surface area contributed by atoms with E-state index in [2.05, 4.69) is 52.8 Å². The van der Waals surface area contributed by atoms with Crippen LogP contribution in [0, 0.1) is 5.92 Å². The van der Waals surface area contributed by atoms with E-state index in [9.17, 15) is 4.79 Å². The summed E-state index contributed by atoms with van der Waals surface area (Å²) in [6, 6.07) is 11.4. The van der Waals surface area contributed by atoms with Gasteiger partial charge >= 0.3 is 0 Å². The number of piperidine rings is 2. The van der Waals surface area contributed by atoms with Crippen molar-refractivity contribution in [3.05, 3.63) is 30.3 Å². The Labute approximate surface area is 145 Å². The number of rotatable bonds is 3. The number of para-hydroxylation sites is 1. The van der Waals surface area contributed by atoms with E-state index in [1.807, 2.05) is 0 Å². The summed E-state index contributed by atoms with van der Waals surface area (Å²) < 4.78 is 0. The number of nitrogens with zero attached hydrogens (tertiary/aromatic N) is 1. The average molecular weight is 338 g/mol. The van der Waals surface area contributed by atoms with E-state index in [0.29, 0.717) is 12.1 Å². The van der Waals surface area contributed by atoms with E-state index in [1.165, 1.54) is 5.69 Å². The maximum absolute atomic E-state index is 12.4. The number of carbonyl (C=O) groups is 1. The first-order valence-electron chi connectivity index (χ1n) is 8.56. The molecule has 2 aliphatic heterocycles. The van der Waals surface area contributed by atoms with Gasteiger partial charge in [-0.1, -0.05) is 18.2 Å². The van der Waals surface area contributed by atoms with Crippen LogP contribution in [-0.2, 0) is 4.79 Å². The maximum atomic E-state index is 12.4. The van der Waals surface area contributed by atoms with Gasteiger partial charge in [-0.15, -0.1) is 12.4 Å². The van der Waals surface area contributed by atoms with Gasteiger partial charge in [0.1, 0.15) is 0 Å². The van der Waals surface area contributed by atoms with Crippen molar-refractivity contribution < 1.29 is 4.79 Å². The molecule has 2 atom stereocenters. The SMILES string of the molecule is C[C@H]1C[C@@H](C(=O)NC2CCN(c3ccccc3)CC2)CCN1.Cl. The summed E-state index contributed by atoms with van der Waals surface area (Å²) in [6.07, 6.45) is 4.02. The van der Waals surface area contributed by atoms with Crippen molar-refractivity contribution in [1.29, 1.82) is 0 Å². The molecule has 2 aliphatic rings. The van der Waals surface area contributed by atoms with Crippen molar-refractivity contribution in [2.45, 2.75) is 44.7 Å². The Morgan fingerprint density at radius 3 is 2.52 bits per heavy atom. The zero-order chi connectivity index (χ0) is 15.4. The van der Waals surface area contributed by atoms with Gasteiger partial charge in [0.15, 0.2) is 0 Å². The number of anilines is 1. The van der Waals surface area contributed by atoms with Crippen molar-refractivity contribution in [2.75, 3.05) is 24.5 Å². The molecule has 23 heavy (non-hydrogen) atoms. The van der Waals surface area contributed by atoms with Crippen LogP contribution in [0.5, 0.6) is 0 Å². The second-order valence-electron chi connectivity index (χ2n) is 6.68. The van der Waals surface area contributed by atoms with Gasteiger partial charge in [0.05, 0.1) is 0 Å². The molecule has 0 aliphatic carbocycles. The fraction of sp³-hybridized carbons (Fsp3) is 0.611. The molecular formula is C18H28ClN3O. The molecule has 2 saturated heterocycles. The second kappa shape index (κ2) is 8.55. The molecule has 3 rings (SSSR count). The predicted octanol–water partition coefficient (Wildman–Crippen LogP) is 2.58. The lowest BCUT2D eigenvalue weighted by Gasteiger charge is -2.35.